The number of nitrogens with one attached hydrogen (secondary N) is 4. The number of halogens is 2. The van der Waals surface area contributed by atoms with E-state index in [4.69, 9.17) is 37.9 Å². The number of nitrogens with zero attached hydrogens (tertiary/aromatic N) is 2. The predicted molar refractivity (Wildman–Crippen MR) is 192 cm³/mol. The van der Waals surface area contributed by atoms with Crippen molar-refractivity contribution >= 4 is 40.6 Å². The van der Waals surface area contributed by atoms with Gasteiger partial charge in [0.25, 0.3) is 0 Å². The molecule has 2 amide bonds. The van der Waals surface area contributed by atoms with Gasteiger partial charge in [0, 0.05) is 66.9 Å². The molecule has 7 rings (SSSR count). The maximum Gasteiger partial charge on any atom is 0.220 e. The highest BCUT2D eigenvalue weighted by Crippen LogP contribution is 2.48. The Bertz CT molecular complexity index is 1800. The van der Waals surface area contributed by atoms with Crippen molar-refractivity contribution in [2.45, 2.75) is 80.4 Å². The van der Waals surface area contributed by atoms with Crippen LogP contribution in [0.25, 0.3) is 5.57 Å². The van der Waals surface area contributed by atoms with Crippen LogP contribution in [0.5, 0.6) is 5.88 Å². The monoisotopic (exact) mass is 700 g/mol. The molecule has 5 atom stereocenters. The van der Waals surface area contributed by atoms with E-state index in [1.54, 1.807) is 7.11 Å². The van der Waals surface area contributed by atoms with Crippen LogP contribution in [-0.2, 0) is 28.0 Å². The van der Waals surface area contributed by atoms with Crippen LogP contribution in [0.3, 0.4) is 0 Å². The van der Waals surface area contributed by atoms with Crippen LogP contribution < -0.4 is 26.0 Å². The van der Waals surface area contributed by atoms with E-state index in [9.17, 15) is 9.59 Å². The van der Waals surface area contributed by atoms with Gasteiger partial charge >= 0.3 is 0 Å². The first-order valence-corrected chi connectivity index (χ1v) is 18.0. The van der Waals surface area contributed by atoms with E-state index in [0.717, 1.165) is 72.4 Å². The number of hydrogen-bond acceptors (Lipinski definition) is 7. The first-order valence-electron chi connectivity index (χ1n) is 17.2. The quantitative estimate of drug-likeness (QED) is 0.201. The van der Waals surface area contributed by atoms with Crippen LogP contribution in [0.15, 0.2) is 66.8 Å². The van der Waals surface area contributed by atoms with Crippen LogP contribution >= 0.6 is 23.2 Å². The van der Waals surface area contributed by atoms with Crippen molar-refractivity contribution in [3.63, 3.8) is 0 Å². The molecule has 3 unspecified atom stereocenters. The minimum atomic E-state index is -0.929. The third-order valence-corrected chi connectivity index (χ3v) is 11.2. The first-order chi connectivity index (χ1) is 23.9. The zero-order valence-corrected chi connectivity index (χ0v) is 29.1. The Morgan fingerprint density at radius 2 is 1.65 bits per heavy atom. The molecular formula is C38H42Cl2N6O3. The number of pyridine rings is 2. The van der Waals surface area contributed by atoms with Gasteiger partial charge in [0.2, 0.25) is 17.7 Å². The number of rotatable bonds is 11. The standard InChI is InChI=1S/C38H42Cl2N6O3/c1-49-37-23(20-41-21-24-12-17-34(47)43-24)11-15-33(46-37)38(19-5-7-27(36(38)40)26-6-2-3-8-29(26)39)32-16-14-28-30(9-4-10-31(28)45-32)42-22-25-13-18-35(48)44-25/h2-3,5-8,11,14-16,19,24-25,30,36,41-42H,4,9-10,12-13,17-18,20-22H2,1H3,(H,43,47)(H,44,48)/t24-,25-,30?,36?,38?/m0/s1. The van der Waals surface area contributed by atoms with E-state index >= 15 is 0 Å². The third-order valence-electron chi connectivity index (χ3n) is 10.3. The lowest BCUT2D eigenvalue weighted by atomic mass is 9.70. The number of ether oxygens (including phenoxy) is 1. The van der Waals surface area contributed by atoms with Gasteiger partial charge in [-0.3, -0.25) is 14.6 Å². The fraction of sp³-hybridized carbons (Fsp3) is 0.421. The Hall–Kier alpha value is -3.76. The lowest BCUT2D eigenvalue weighted by Crippen LogP contribution is -2.41. The van der Waals surface area contributed by atoms with Crippen LogP contribution in [0.2, 0.25) is 5.02 Å². The van der Waals surface area contributed by atoms with Gasteiger partial charge in [-0.25, -0.2) is 4.98 Å². The molecule has 11 heteroatoms. The van der Waals surface area contributed by atoms with Crippen molar-refractivity contribution in [1.82, 2.24) is 31.2 Å². The van der Waals surface area contributed by atoms with E-state index in [1.165, 1.54) is 5.56 Å². The van der Waals surface area contributed by atoms with Crippen LogP contribution in [-0.4, -0.2) is 59.4 Å². The Labute approximate surface area is 297 Å². The molecule has 4 aliphatic rings. The highest BCUT2D eigenvalue weighted by atomic mass is 35.5. The molecule has 1 aromatic carbocycles. The number of allylic oxidation sites excluding steroid dienone is 4. The summed E-state index contributed by atoms with van der Waals surface area (Å²) in [5.74, 6) is 0.735. The second-order valence-electron chi connectivity index (χ2n) is 13.4. The summed E-state index contributed by atoms with van der Waals surface area (Å²) in [5.41, 5.74) is 5.50. The minimum absolute atomic E-state index is 0.101. The Morgan fingerprint density at radius 3 is 2.39 bits per heavy atom. The molecule has 2 aromatic heterocycles. The number of aryl methyl sites for hydroxylation is 1. The summed E-state index contributed by atoms with van der Waals surface area (Å²) in [7, 11) is 1.63. The molecule has 4 heterocycles. The van der Waals surface area contributed by atoms with Crippen molar-refractivity contribution in [2.24, 2.45) is 0 Å². The summed E-state index contributed by atoms with van der Waals surface area (Å²) in [4.78, 5) is 33.9. The Balaban J connectivity index is 1.23. The predicted octanol–water partition coefficient (Wildman–Crippen LogP) is 5.30. The van der Waals surface area contributed by atoms with Gasteiger partial charge in [0.05, 0.1) is 29.3 Å². The molecule has 2 aliphatic carbocycles. The van der Waals surface area contributed by atoms with Gasteiger partial charge in [-0.2, -0.15) is 0 Å². The molecule has 49 heavy (non-hydrogen) atoms. The molecular weight excluding hydrogens is 659 g/mol. The summed E-state index contributed by atoms with van der Waals surface area (Å²) in [6.45, 7) is 1.94. The number of aromatic nitrogens is 2. The van der Waals surface area contributed by atoms with Gasteiger partial charge < -0.3 is 26.0 Å². The van der Waals surface area contributed by atoms with Crippen LogP contribution in [0.1, 0.15) is 78.3 Å². The van der Waals surface area contributed by atoms with E-state index in [-0.39, 0.29) is 29.9 Å². The average Bonchev–Trinajstić information content (AvgIpc) is 3.74. The lowest BCUT2D eigenvalue weighted by molar-refractivity contribution is -0.120. The fourth-order valence-electron chi connectivity index (χ4n) is 7.64. The highest BCUT2D eigenvalue weighted by Gasteiger charge is 2.46. The Kier molecular flexibility index (Phi) is 10.1. The van der Waals surface area contributed by atoms with Crippen molar-refractivity contribution in [1.29, 1.82) is 0 Å². The number of alkyl halides is 1. The van der Waals surface area contributed by atoms with Gasteiger partial charge in [-0.15, -0.1) is 11.6 Å². The van der Waals surface area contributed by atoms with E-state index in [0.29, 0.717) is 36.8 Å². The topological polar surface area (TPSA) is 117 Å². The number of benzene rings is 1. The number of amides is 2. The highest BCUT2D eigenvalue weighted by molar-refractivity contribution is 6.34. The van der Waals surface area contributed by atoms with Crippen LogP contribution in [0, 0.1) is 0 Å². The fourth-order valence-corrected chi connectivity index (χ4v) is 8.37. The molecule has 2 fully saturated rings. The molecule has 2 aliphatic heterocycles. The largest absolute Gasteiger partial charge is 0.481 e. The number of carbonyl (C=O) groups is 2. The normalized spacial score (nSPS) is 26.2. The average molecular weight is 702 g/mol. The molecule has 9 nitrogen and oxygen atoms in total. The molecule has 2 saturated heterocycles. The smallest absolute Gasteiger partial charge is 0.220 e. The van der Waals surface area contributed by atoms with Gasteiger partial charge in [0.15, 0.2) is 0 Å². The summed E-state index contributed by atoms with van der Waals surface area (Å²) in [6, 6.07) is 16.5. The SMILES string of the molecule is COc1nc(C2(c3ccc4c(n3)CCCC4NC[C@@H]3CCC(=O)N3)C=CC=C(c3ccccc3Cl)C2Cl)ccc1CNC[C@@H]1CCC(=O)N1. The first kappa shape index (κ1) is 33.7. The summed E-state index contributed by atoms with van der Waals surface area (Å²) in [5, 5.41) is 13.3. The van der Waals surface area contributed by atoms with Crippen molar-refractivity contribution in [3.05, 3.63) is 106 Å². The molecule has 0 saturated carbocycles. The molecule has 3 aromatic rings. The second-order valence-corrected chi connectivity index (χ2v) is 14.2. The number of methoxy groups -OCH3 is 1. The number of fused-ring (bicyclic) bond motifs is 1. The zero-order valence-electron chi connectivity index (χ0n) is 27.6. The molecule has 0 bridgehead atoms. The van der Waals surface area contributed by atoms with Crippen molar-refractivity contribution in [2.75, 3.05) is 20.2 Å². The van der Waals surface area contributed by atoms with Crippen molar-refractivity contribution < 1.29 is 14.3 Å². The lowest BCUT2D eigenvalue weighted by Gasteiger charge is -2.39. The second kappa shape index (κ2) is 14.6. The van der Waals surface area contributed by atoms with Crippen molar-refractivity contribution in [3.8, 4) is 5.88 Å². The summed E-state index contributed by atoms with van der Waals surface area (Å²) >= 11 is 14.4. The molecule has 256 valence electrons. The van der Waals surface area contributed by atoms with Crippen LogP contribution in [0.4, 0.5) is 0 Å². The zero-order chi connectivity index (χ0) is 34.0. The Morgan fingerprint density at radius 1 is 0.918 bits per heavy atom. The number of carbonyl (C=O) groups excluding carboxylic acids is 2. The van der Waals surface area contributed by atoms with Gasteiger partial charge in [-0.05, 0) is 67.0 Å². The molecule has 0 spiro atoms. The molecule has 0 radical (unpaired) electrons. The maximum absolute atomic E-state index is 11.8. The maximum atomic E-state index is 11.8. The van der Waals surface area contributed by atoms with E-state index in [2.05, 4.69) is 39.5 Å². The minimum Gasteiger partial charge on any atom is -0.481 e. The number of hydrogen-bond donors (Lipinski definition) is 4. The summed E-state index contributed by atoms with van der Waals surface area (Å²) < 4.78 is 5.86. The summed E-state index contributed by atoms with van der Waals surface area (Å²) in [6.07, 6.45) is 11.9. The van der Waals surface area contributed by atoms with E-state index < -0.39 is 10.8 Å². The molecule has 4 N–H and O–H groups in total. The third kappa shape index (κ3) is 6.86. The van der Waals surface area contributed by atoms with E-state index in [1.807, 2.05) is 48.6 Å². The van der Waals surface area contributed by atoms with Gasteiger partial charge in [0.1, 0.15) is 0 Å². The van der Waals surface area contributed by atoms with Gasteiger partial charge in [-0.1, -0.05) is 60.2 Å².